The Balaban J connectivity index is 1.61. The van der Waals surface area contributed by atoms with Crippen molar-refractivity contribution in [1.82, 2.24) is 4.90 Å². The number of aryl methyl sites for hydroxylation is 1. The Kier molecular flexibility index (Phi) is 6.18. The summed E-state index contributed by atoms with van der Waals surface area (Å²) in [7, 11) is -3.04. The molecule has 3 rings (SSSR count). The molecular formula is C19H24FNO5S. The van der Waals surface area contributed by atoms with Gasteiger partial charge in [0.25, 0.3) is 0 Å². The summed E-state index contributed by atoms with van der Waals surface area (Å²) in [6.45, 7) is 2.54. The van der Waals surface area contributed by atoms with Gasteiger partial charge in [-0.05, 0) is 49.7 Å². The van der Waals surface area contributed by atoms with Crippen molar-refractivity contribution in [2.24, 2.45) is 0 Å². The molecule has 6 nitrogen and oxygen atoms in total. The van der Waals surface area contributed by atoms with Gasteiger partial charge in [0, 0.05) is 12.6 Å². The molecule has 0 spiro atoms. The van der Waals surface area contributed by atoms with Crippen LogP contribution in [0.3, 0.4) is 0 Å². The molecule has 2 atom stereocenters. The normalized spacial score (nSPS) is 20.1. The average molecular weight is 397 g/mol. The zero-order valence-electron chi connectivity index (χ0n) is 15.2. The number of benzene rings is 1. The lowest BCUT2D eigenvalue weighted by molar-refractivity contribution is 0.0496. The van der Waals surface area contributed by atoms with E-state index in [2.05, 4.69) is 0 Å². The number of ether oxygens (including phenoxy) is 1. The third kappa shape index (κ3) is 5.79. The third-order valence-corrected chi connectivity index (χ3v) is 6.33. The lowest BCUT2D eigenvalue weighted by Crippen LogP contribution is -2.42. The fourth-order valence-corrected chi connectivity index (χ4v) is 4.98. The molecule has 0 aliphatic carbocycles. The summed E-state index contributed by atoms with van der Waals surface area (Å²) in [4.78, 5) is 1.93. The first-order valence-corrected chi connectivity index (χ1v) is 10.7. The fraction of sp³-hybridized carbons (Fsp3) is 0.474. The second kappa shape index (κ2) is 8.41. The summed E-state index contributed by atoms with van der Waals surface area (Å²) in [5, 5.41) is 10.4. The Morgan fingerprint density at radius 3 is 2.63 bits per heavy atom. The smallest absolute Gasteiger partial charge is 0.151 e. The number of aliphatic hydroxyl groups excluding tert-OH is 1. The minimum absolute atomic E-state index is 0.0266. The van der Waals surface area contributed by atoms with Crippen molar-refractivity contribution >= 4 is 9.84 Å². The first kappa shape index (κ1) is 19.9. The predicted molar refractivity (Wildman–Crippen MR) is 98.8 cm³/mol. The lowest BCUT2D eigenvalue weighted by atomic mass is 10.2. The van der Waals surface area contributed by atoms with E-state index in [0.29, 0.717) is 18.7 Å². The van der Waals surface area contributed by atoms with Crippen LogP contribution in [0.5, 0.6) is 5.75 Å². The third-order valence-electron chi connectivity index (χ3n) is 4.58. The molecule has 1 aliphatic heterocycles. The van der Waals surface area contributed by atoms with Crippen molar-refractivity contribution in [2.75, 3.05) is 24.7 Å². The Bertz CT molecular complexity index is 849. The van der Waals surface area contributed by atoms with E-state index in [-0.39, 0.29) is 36.5 Å². The number of hydrogen-bond donors (Lipinski definition) is 1. The molecule has 1 fully saturated rings. The summed E-state index contributed by atoms with van der Waals surface area (Å²) < 4.78 is 47.8. The van der Waals surface area contributed by atoms with Crippen molar-refractivity contribution in [3.8, 4) is 5.75 Å². The van der Waals surface area contributed by atoms with Crippen LogP contribution >= 0.6 is 0 Å². The SMILES string of the molecule is Cc1ccc(CN(CC(O)COc2ccc(F)cc2)C2CCS(=O)(=O)C2)o1. The highest BCUT2D eigenvalue weighted by Gasteiger charge is 2.33. The number of aliphatic hydroxyl groups is 1. The molecule has 0 bridgehead atoms. The van der Waals surface area contributed by atoms with Gasteiger partial charge in [-0.3, -0.25) is 4.90 Å². The molecule has 2 unspecified atom stereocenters. The van der Waals surface area contributed by atoms with Crippen molar-refractivity contribution in [2.45, 2.75) is 32.0 Å². The summed E-state index contributed by atoms with van der Waals surface area (Å²) in [5.41, 5.74) is 0. The van der Waals surface area contributed by atoms with E-state index < -0.39 is 15.9 Å². The van der Waals surface area contributed by atoms with Crippen LogP contribution in [0.1, 0.15) is 17.9 Å². The van der Waals surface area contributed by atoms with Gasteiger partial charge in [0.1, 0.15) is 35.8 Å². The van der Waals surface area contributed by atoms with Gasteiger partial charge >= 0.3 is 0 Å². The predicted octanol–water partition coefficient (Wildman–Crippen LogP) is 2.16. The average Bonchev–Trinajstić information content (AvgIpc) is 3.18. The molecule has 0 radical (unpaired) electrons. The van der Waals surface area contributed by atoms with Gasteiger partial charge in [0.05, 0.1) is 18.1 Å². The number of rotatable bonds is 8. The van der Waals surface area contributed by atoms with Gasteiger partial charge in [-0.25, -0.2) is 12.8 Å². The second-order valence-corrected chi connectivity index (χ2v) is 9.15. The van der Waals surface area contributed by atoms with Crippen molar-refractivity contribution in [1.29, 1.82) is 0 Å². The van der Waals surface area contributed by atoms with Crippen molar-refractivity contribution < 1.29 is 27.1 Å². The highest BCUT2D eigenvalue weighted by molar-refractivity contribution is 7.91. The Morgan fingerprint density at radius 1 is 1.30 bits per heavy atom. The van der Waals surface area contributed by atoms with E-state index in [0.717, 1.165) is 11.5 Å². The molecule has 27 heavy (non-hydrogen) atoms. The molecule has 1 aromatic heterocycles. The highest BCUT2D eigenvalue weighted by Crippen LogP contribution is 2.21. The van der Waals surface area contributed by atoms with Crippen LogP contribution in [0.15, 0.2) is 40.8 Å². The minimum Gasteiger partial charge on any atom is -0.491 e. The van der Waals surface area contributed by atoms with Crippen molar-refractivity contribution in [3.05, 3.63) is 53.7 Å². The van der Waals surface area contributed by atoms with Gasteiger partial charge in [-0.15, -0.1) is 0 Å². The van der Waals surface area contributed by atoms with Crippen LogP contribution in [0.4, 0.5) is 4.39 Å². The molecule has 2 aromatic rings. The van der Waals surface area contributed by atoms with E-state index in [1.165, 1.54) is 24.3 Å². The molecule has 1 saturated heterocycles. The topological polar surface area (TPSA) is 80.0 Å². The number of furan rings is 1. The maximum atomic E-state index is 12.9. The number of nitrogens with zero attached hydrogens (tertiary/aromatic N) is 1. The second-order valence-electron chi connectivity index (χ2n) is 6.92. The van der Waals surface area contributed by atoms with Gasteiger partial charge in [0.15, 0.2) is 9.84 Å². The van der Waals surface area contributed by atoms with E-state index >= 15 is 0 Å². The van der Waals surface area contributed by atoms with E-state index in [1.807, 2.05) is 24.0 Å². The first-order chi connectivity index (χ1) is 12.8. The van der Waals surface area contributed by atoms with Crippen LogP contribution in [0, 0.1) is 12.7 Å². The quantitative estimate of drug-likeness (QED) is 0.735. The molecule has 1 aromatic carbocycles. The zero-order chi connectivity index (χ0) is 19.4. The summed E-state index contributed by atoms with van der Waals surface area (Å²) in [6.07, 6.45) is -0.289. The largest absolute Gasteiger partial charge is 0.491 e. The molecule has 8 heteroatoms. The molecule has 148 valence electrons. The summed E-state index contributed by atoms with van der Waals surface area (Å²) >= 11 is 0. The molecule has 0 amide bonds. The highest BCUT2D eigenvalue weighted by atomic mass is 32.2. The van der Waals surface area contributed by atoms with Crippen LogP contribution in [0.2, 0.25) is 0 Å². The molecule has 1 N–H and O–H groups in total. The Morgan fingerprint density at radius 2 is 2.04 bits per heavy atom. The maximum absolute atomic E-state index is 12.9. The van der Waals surface area contributed by atoms with Gasteiger partial charge in [-0.2, -0.15) is 0 Å². The lowest BCUT2D eigenvalue weighted by Gasteiger charge is -2.29. The van der Waals surface area contributed by atoms with Crippen molar-refractivity contribution in [3.63, 3.8) is 0 Å². The summed E-state index contributed by atoms with van der Waals surface area (Å²) in [5.74, 6) is 1.86. The maximum Gasteiger partial charge on any atom is 0.151 e. The molecule has 1 aliphatic rings. The Labute approximate surface area is 158 Å². The molecular weight excluding hydrogens is 373 g/mol. The van der Waals surface area contributed by atoms with E-state index in [1.54, 1.807) is 0 Å². The first-order valence-electron chi connectivity index (χ1n) is 8.87. The summed E-state index contributed by atoms with van der Waals surface area (Å²) in [6, 6.07) is 9.11. The number of hydrogen-bond acceptors (Lipinski definition) is 6. The monoisotopic (exact) mass is 397 g/mol. The molecule has 2 heterocycles. The Hall–Kier alpha value is -1.90. The van der Waals surface area contributed by atoms with Crippen LogP contribution in [0.25, 0.3) is 0 Å². The fourth-order valence-electron chi connectivity index (χ4n) is 3.22. The van der Waals surface area contributed by atoms with E-state index in [9.17, 15) is 17.9 Å². The van der Waals surface area contributed by atoms with Crippen LogP contribution in [-0.2, 0) is 16.4 Å². The number of sulfone groups is 1. The van der Waals surface area contributed by atoms with Crippen LogP contribution in [-0.4, -0.2) is 55.2 Å². The van der Waals surface area contributed by atoms with Gasteiger partial charge in [0.2, 0.25) is 0 Å². The minimum atomic E-state index is -3.04. The molecule has 0 saturated carbocycles. The standard InChI is InChI=1S/C19H24FNO5S/c1-14-2-5-19(26-14)11-21(16-8-9-27(23,24)13-16)10-17(22)12-25-18-6-3-15(20)4-7-18/h2-7,16-17,22H,8-13H2,1H3. The van der Waals surface area contributed by atoms with Gasteiger partial charge < -0.3 is 14.3 Å². The number of halogens is 1. The van der Waals surface area contributed by atoms with Gasteiger partial charge in [-0.1, -0.05) is 0 Å². The van der Waals surface area contributed by atoms with Crippen LogP contribution < -0.4 is 4.74 Å². The zero-order valence-corrected chi connectivity index (χ0v) is 16.0. The van der Waals surface area contributed by atoms with E-state index in [4.69, 9.17) is 9.15 Å².